The number of guanidine groups is 1. The van der Waals surface area contributed by atoms with Gasteiger partial charge in [0.05, 0.1) is 12.2 Å². The van der Waals surface area contributed by atoms with E-state index in [9.17, 15) is 4.39 Å². The summed E-state index contributed by atoms with van der Waals surface area (Å²) in [6, 6.07) is 8.29. The van der Waals surface area contributed by atoms with Gasteiger partial charge in [-0.15, -0.1) is 24.0 Å². The van der Waals surface area contributed by atoms with Crippen LogP contribution in [-0.2, 0) is 6.54 Å². The standard InChI is InChI=1S/C20H30FN5O.HI/c1-5-18(27-19-9-6-8-17(21)13-19)14-24-20(22-4)23-10-7-11-26-16(3)12-15(2)25-26;/h6,8-9,12-13,18H,5,7,10-11,14H2,1-4H3,(H2,22,23,24);1H. The van der Waals surface area contributed by atoms with Gasteiger partial charge in [-0.3, -0.25) is 9.67 Å². The molecule has 0 saturated heterocycles. The van der Waals surface area contributed by atoms with Crippen molar-refractivity contribution in [1.29, 1.82) is 0 Å². The van der Waals surface area contributed by atoms with E-state index in [-0.39, 0.29) is 35.9 Å². The summed E-state index contributed by atoms with van der Waals surface area (Å²) < 4.78 is 21.1. The summed E-state index contributed by atoms with van der Waals surface area (Å²) in [5.74, 6) is 0.969. The Morgan fingerprint density at radius 3 is 2.68 bits per heavy atom. The van der Waals surface area contributed by atoms with E-state index in [1.165, 1.54) is 17.8 Å². The Balaban J connectivity index is 0.00000392. The van der Waals surface area contributed by atoms with Gasteiger partial charge in [-0.05, 0) is 44.9 Å². The van der Waals surface area contributed by atoms with E-state index >= 15 is 0 Å². The summed E-state index contributed by atoms with van der Waals surface area (Å²) in [6.07, 6.45) is 1.68. The van der Waals surface area contributed by atoms with Crippen LogP contribution >= 0.6 is 24.0 Å². The van der Waals surface area contributed by atoms with Gasteiger partial charge in [0.15, 0.2) is 5.96 Å². The topological polar surface area (TPSA) is 63.5 Å². The number of hydrogen-bond acceptors (Lipinski definition) is 3. The lowest BCUT2D eigenvalue weighted by atomic mass is 10.2. The Morgan fingerprint density at radius 2 is 2.07 bits per heavy atom. The molecule has 28 heavy (non-hydrogen) atoms. The Labute approximate surface area is 184 Å². The molecule has 0 aliphatic heterocycles. The Bertz CT molecular complexity index is 750. The fraction of sp³-hybridized carbons (Fsp3) is 0.500. The summed E-state index contributed by atoms with van der Waals surface area (Å²) in [4.78, 5) is 4.24. The van der Waals surface area contributed by atoms with Crippen molar-refractivity contribution in [3.8, 4) is 5.75 Å². The third-order valence-electron chi connectivity index (χ3n) is 4.22. The molecule has 0 aliphatic carbocycles. The molecule has 1 aromatic carbocycles. The summed E-state index contributed by atoms with van der Waals surface area (Å²) in [6.45, 7) is 8.35. The number of hydrogen-bond donors (Lipinski definition) is 2. The third kappa shape index (κ3) is 8.04. The van der Waals surface area contributed by atoms with Crippen molar-refractivity contribution in [2.24, 2.45) is 4.99 Å². The molecule has 6 nitrogen and oxygen atoms in total. The molecule has 8 heteroatoms. The second kappa shape index (κ2) is 12.6. The van der Waals surface area contributed by atoms with Gasteiger partial charge in [0.2, 0.25) is 0 Å². The van der Waals surface area contributed by atoms with Crippen LogP contribution in [0.25, 0.3) is 0 Å². The second-order valence-corrected chi connectivity index (χ2v) is 6.49. The predicted octanol–water partition coefficient (Wildman–Crippen LogP) is 3.67. The summed E-state index contributed by atoms with van der Waals surface area (Å²) in [7, 11) is 1.74. The van der Waals surface area contributed by atoms with E-state index in [2.05, 4.69) is 33.7 Å². The number of aryl methyl sites for hydroxylation is 3. The van der Waals surface area contributed by atoms with Crippen LogP contribution in [0.4, 0.5) is 4.39 Å². The average molecular weight is 503 g/mol. The molecule has 0 amide bonds. The smallest absolute Gasteiger partial charge is 0.191 e. The molecular formula is C20H31FIN5O. The molecule has 0 bridgehead atoms. The maximum absolute atomic E-state index is 13.3. The van der Waals surface area contributed by atoms with Gasteiger partial charge in [-0.1, -0.05) is 13.0 Å². The van der Waals surface area contributed by atoms with Gasteiger partial charge in [-0.2, -0.15) is 5.10 Å². The molecule has 0 radical (unpaired) electrons. The molecule has 0 saturated carbocycles. The van der Waals surface area contributed by atoms with Gasteiger partial charge in [0, 0.05) is 31.9 Å². The number of halogens is 2. The molecule has 156 valence electrons. The first-order valence-electron chi connectivity index (χ1n) is 9.39. The molecule has 1 heterocycles. The number of aliphatic imine (C=N–C) groups is 1. The first-order valence-corrected chi connectivity index (χ1v) is 9.39. The number of nitrogens with zero attached hydrogens (tertiary/aromatic N) is 3. The first-order chi connectivity index (χ1) is 13.0. The normalized spacial score (nSPS) is 12.2. The van der Waals surface area contributed by atoms with Crippen LogP contribution in [0.5, 0.6) is 5.75 Å². The van der Waals surface area contributed by atoms with Crippen molar-refractivity contribution in [3.63, 3.8) is 0 Å². The zero-order valence-electron chi connectivity index (χ0n) is 17.0. The molecule has 2 N–H and O–H groups in total. The molecular weight excluding hydrogens is 472 g/mol. The number of benzene rings is 1. The van der Waals surface area contributed by atoms with Crippen LogP contribution in [-0.4, -0.2) is 42.0 Å². The number of rotatable bonds is 9. The van der Waals surface area contributed by atoms with E-state index < -0.39 is 0 Å². The molecule has 1 atom stereocenters. The number of ether oxygens (including phenoxy) is 1. The van der Waals surface area contributed by atoms with Crippen LogP contribution in [0, 0.1) is 19.7 Å². The second-order valence-electron chi connectivity index (χ2n) is 6.49. The quantitative estimate of drug-likeness (QED) is 0.237. The largest absolute Gasteiger partial charge is 0.489 e. The van der Waals surface area contributed by atoms with Crippen LogP contribution in [0.2, 0.25) is 0 Å². The Morgan fingerprint density at radius 1 is 1.29 bits per heavy atom. The van der Waals surface area contributed by atoms with Crippen molar-refractivity contribution in [2.75, 3.05) is 20.1 Å². The molecule has 2 rings (SSSR count). The van der Waals surface area contributed by atoms with Crippen molar-refractivity contribution in [3.05, 3.63) is 47.5 Å². The highest BCUT2D eigenvalue weighted by molar-refractivity contribution is 14.0. The Hall–Kier alpha value is -1.84. The lowest BCUT2D eigenvalue weighted by Gasteiger charge is -2.20. The summed E-state index contributed by atoms with van der Waals surface area (Å²) in [5, 5.41) is 11.0. The highest BCUT2D eigenvalue weighted by Crippen LogP contribution is 2.14. The lowest BCUT2D eigenvalue weighted by molar-refractivity contribution is 0.199. The van der Waals surface area contributed by atoms with Gasteiger partial charge in [-0.25, -0.2) is 4.39 Å². The van der Waals surface area contributed by atoms with Gasteiger partial charge < -0.3 is 15.4 Å². The minimum absolute atomic E-state index is 0. The van der Waals surface area contributed by atoms with E-state index in [4.69, 9.17) is 4.74 Å². The van der Waals surface area contributed by atoms with Crippen molar-refractivity contribution < 1.29 is 9.13 Å². The minimum atomic E-state index is -0.296. The van der Waals surface area contributed by atoms with Crippen LogP contribution in [0.15, 0.2) is 35.3 Å². The van der Waals surface area contributed by atoms with E-state index in [1.807, 2.05) is 18.5 Å². The Kier molecular flexibility index (Phi) is 10.9. The van der Waals surface area contributed by atoms with E-state index in [0.29, 0.717) is 12.3 Å². The van der Waals surface area contributed by atoms with Crippen molar-refractivity contribution in [1.82, 2.24) is 20.4 Å². The monoisotopic (exact) mass is 503 g/mol. The zero-order chi connectivity index (χ0) is 19.6. The van der Waals surface area contributed by atoms with E-state index in [0.717, 1.165) is 37.6 Å². The maximum Gasteiger partial charge on any atom is 0.191 e. The van der Waals surface area contributed by atoms with Crippen LogP contribution in [0.1, 0.15) is 31.2 Å². The molecule has 1 unspecified atom stereocenters. The first kappa shape index (κ1) is 24.2. The summed E-state index contributed by atoms with van der Waals surface area (Å²) >= 11 is 0. The lowest BCUT2D eigenvalue weighted by Crippen LogP contribution is -2.42. The minimum Gasteiger partial charge on any atom is -0.489 e. The fourth-order valence-electron chi connectivity index (χ4n) is 2.77. The van der Waals surface area contributed by atoms with Gasteiger partial charge >= 0.3 is 0 Å². The molecule has 1 aromatic heterocycles. The number of nitrogens with one attached hydrogen (secondary N) is 2. The SMILES string of the molecule is CCC(CNC(=NC)NCCCn1nc(C)cc1C)Oc1cccc(F)c1.I. The molecule has 2 aromatic rings. The maximum atomic E-state index is 13.3. The van der Waals surface area contributed by atoms with E-state index in [1.54, 1.807) is 19.2 Å². The third-order valence-corrected chi connectivity index (χ3v) is 4.22. The molecule has 0 fully saturated rings. The highest BCUT2D eigenvalue weighted by Gasteiger charge is 2.10. The molecule has 0 spiro atoms. The molecule has 0 aliphatic rings. The van der Waals surface area contributed by atoms with Crippen LogP contribution < -0.4 is 15.4 Å². The summed E-state index contributed by atoms with van der Waals surface area (Å²) in [5.41, 5.74) is 2.22. The highest BCUT2D eigenvalue weighted by atomic mass is 127. The number of aromatic nitrogens is 2. The van der Waals surface area contributed by atoms with Gasteiger partial charge in [0.25, 0.3) is 0 Å². The van der Waals surface area contributed by atoms with Crippen molar-refractivity contribution >= 4 is 29.9 Å². The van der Waals surface area contributed by atoms with Crippen molar-refractivity contribution in [2.45, 2.75) is 46.3 Å². The van der Waals surface area contributed by atoms with Crippen LogP contribution in [0.3, 0.4) is 0 Å². The van der Waals surface area contributed by atoms with Gasteiger partial charge in [0.1, 0.15) is 17.7 Å². The zero-order valence-corrected chi connectivity index (χ0v) is 19.4. The predicted molar refractivity (Wildman–Crippen MR) is 122 cm³/mol. The average Bonchev–Trinajstić information content (AvgIpc) is 2.97. The fourth-order valence-corrected chi connectivity index (χ4v) is 2.77.